The van der Waals surface area contributed by atoms with Crippen LogP contribution in [-0.4, -0.2) is 34.4 Å². The average molecular weight is 464 g/mol. The molecular weight excluding hydrogens is 442 g/mol. The molecule has 148 valence electrons. The van der Waals surface area contributed by atoms with Gasteiger partial charge in [-0.05, 0) is 55.7 Å². The zero-order valence-electron chi connectivity index (χ0n) is 15.8. The van der Waals surface area contributed by atoms with Crippen molar-refractivity contribution in [2.75, 3.05) is 13.2 Å². The number of ether oxygens (including phenoxy) is 2. The van der Waals surface area contributed by atoms with Crippen LogP contribution in [0.2, 0.25) is 0 Å². The summed E-state index contributed by atoms with van der Waals surface area (Å²) in [6.45, 7) is 5.08. The molecule has 2 aromatic rings. The second-order valence-corrected chi connectivity index (χ2v) is 8.36. The van der Waals surface area contributed by atoms with E-state index in [1.807, 2.05) is 56.3 Å². The van der Waals surface area contributed by atoms with E-state index in [2.05, 4.69) is 15.9 Å². The zero-order chi connectivity index (χ0) is 20.1. The summed E-state index contributed by atoms with van der Waals surface area (Å²) in [7, 11) is 0. The maximum atomic E-state index is 12.3. The van der Waals surface area contributed by atoms with Gasteiger partial charge in [0, 0.05) is 11.0 Å². The molecule has 0 aromatic heterocycles. The lowest BCUT2D eigenvalue weighted by Gasteiger charge is -2.15. The van der Waals surface area contributed by atoms with Crippen LogP contribution in [0.4, 0.5) is 4.79 Å². The summed E-state index contributed by atoms with van der Waals surface area (Å²) in [6, 6.07) is 13.6. The van der Waals surface area contributed by atoms with E-state index >= 15 is 0 Å². The summed E-state index contributed by atoms with van der Waals surface area (Å²) in [6.07, 6.45) is 0.485. The molecule has 1 atom stereocenters. The van der Waals surface area contributed by atoms with Gasteiger partial charge < -0.3 is 9.47 Å². The Morgan fingerprint density at radius 2 is 1.71 bits per heavy atom. The Balaban J connectivity index is 1.71. The largest absolute Gasteiger partial charge is 0.490 e. The standard InChI is InChI=1S/C21H22BrNO4S/c1-3-23-20(24)19(28-21(23)25)12-15-7-10-17(18(11-15)26-4-2)27-13-14-5-8-16(22)9-6-14/h5-11,19H,3-4,12-13H2,1-2H3/t19-/m0/s1. The molecule has 0 bridgehead atoms. The normalized spacial score (nSPS) is 16.5. The molecule has 5 nitrogen and oxygen atoms in total. The highest BCUT2D eigenvalue weighted by Gasteiger charge is 2.38. The SMILES string of the molecule is CCOc1cc(C[C@@H]2SC(=O)N(CC)C2=O)ccc1OCc1ccc(Br)cc1. The van der Waals surface area contributed by atoms with Gasteiger partial charge in [0.15, 0.2) is 11.5 Å². The zero-order valence-corrected chi connectivity index (χ0v) is 18.2. The number of amides is 2. The second-order valence-electron chi connectivity index (χ2n) is 6.29. The van der Waals surface area contributed by atoms with Gasteiger partial charge in [0.1, 0.15) is 6.61 Å². The molecule has 1 aliphatic rings. The first kappa shape index (κ1) is 20.7. The van der Waals surface area contributed by atoms with Crippen LogP contribution in [0.5, 0.6) is 11.5 Å². The monoisotopic (exact) mass is 463 g/mol. The second kappa shape index (κ2) is 9.47. The van der Waals surface area contributed by atoms with Crippen LogP contribution >= 0.6 is 27.7 Å². The average Bonchev–Trinajstić information content (AvgIpc) is 2.95. The number of rotatable bonds is 8. The van der Waals surface area contributed by atoms with Crippen LogP contribution in [0.25, 0.3) is 0 Å². The molecule has 1 saturated heterocycles. The molecule has 1 aliphatic heterocycles. The van der Waals surface area contributed by atoms with Gasteiger partial charge in [-0.2, -0.15) is 0 Å². The number of hydrogen-bond acceptors (Lipinski definition) is 5. The molecule has 2 aromatic carbocycles. The molecule has 0 unspecified atom stereocenters. The highest BCUT2D eigenvalue weighted by Crippen LogP contribution is 2.33. The van der Waals surface area contributed by atoms with Crippen LogP contribution < -0.4 is 9.47 Å². The molecule has 28 heavy (non-hydrogen) atoms. The highest BCUT2D eigenvalue weighted by molar-refractivity contribution is 9.10. The molecule has 0 radical (unpaired) electrons. The van der Waals surface area contributed by atoms with Crippen LogP contribution in [0.3, 0.4) is 0 Å². The van der Waals surface area contributed by atoms with Crippen molar-refractivity contribution in [2.24, 2.45) is 0 Å². The van der Waals surface area contributed by atoms with Crippen molar-refractivity contribution in [1.29, 1.82) is 0 Å². The van der Waals surface area contributed by atoms with Crippen molar-refractivity contribution in [3.8, 4) is 11.5 Å². The third-order valence-corrected chi connectivity index (χ3v) is 5.96. The predicted molar refractivity (Wildman–Crippen MR) is 114 cm³/mol. The number of hydrogen-bond donors (Lipinski definition) is 0. The Kier molecular flexibility index (Phi) is 7.02. The van der Waals surface area contributed by atoms with Gasteiger partial charge in [-0.15, -0.1) is 0 Å². The number of imide groups is 1. The minimum absolute atomic E-state index is 0.119. The lowest BCUT2D eigenvalue weighted by molar-refractivity contribution is -0.126. The van der Waals surface area contributed by atoms with E-state index in [-0.39, 0.29) is 16.4 Å². The van der Waals surface area contributed by atoms with Crippen LogP contribution in [0.1, 0.15) is 25.0 Å². The summed E-state index contributed by atoms with van der Waals surface area (Å²) in [5, 5.41) is -0.548. The van der Waals surface area contributed by atoms with Crippen LogP contribution in [-0.2, 0) is 17.8 Å². The van der Waals surface area contributed by atoms with Crippen LogP contribution in [0, 0.1) is 0 Å². The molecule has 1 fully saturated rings. The van der Waals surface area contributed by atoms with Gasteiger partial charge in [-0.3, -0.25) is 14.5 Å². The summed E-state index contributed by atoms with van der Waals surface area (Å²) in [5.74, 6) is 1.18. The first-order valence-corrected chi connectivity index (χ1v) is 10.8. The van der Waals surface area contributed by atoms with Crippen molar-refractivity contribution in [1.82, 2.24) is 4.90 Å². The minimum Gasteiger partial charge on any atom is -0.490 e. The van der Waals surface area contributed by atoms with E-state index in [0.29, 0.717) is 37.7 Å². The Morgan fingerprint density at radius 1 is 1.00 bits per heavy atom. The maximum Gasteiger partial charge on any atom is 0.289 e. The first-order valence-electron chi connectivity index (χ1n) is 9.16. The van der Waals surface area contributed by atoms with E-state index in [1.54, 1.807) is 0 Å². The fourth-order valence-electron chi connectivity index (χ4n) is 2.94. The fourth-order valence-corrected chi connectivity index (χ4v) is 4.29. The van der Waals surface area contributed by atoms with Gasteiger partial charge in [0.05, 0.1) is 11.9 Å². The van der Waals surface area contributed by atoms with E-state index < -0.39 is 0 Å². The van der Waals surface area contributed by atoms with Crippen molar-refractivity contribution in [3.63, 3.8) is 0 Å². The molecule has 2 amide bonds. The summed E-state index contributed by atoms with van der Waals surface area (Å²) >= 11 is 4.52. The number of nitrogens with zero attached hydrogens (tertiary/aromatic N) is 1. The molecule has 3 rings (SSSR count). The fraction of sp³-hybridized carbons (Fsp3) is 0.333. The molecule has 1 heterocycles. The summed E-state index contributed by atoms with van der Waals surface area (Å²) in [5.41, 5.74) is 2.00. The van der Waals surface area contributed by atoms with Crippen LogP contribution in [0.15, 0.2) is 46.9 Å². The molecule has 7 heteroatoms. The van der Waals surface area contributed by atoms with Gasteiger partial charge in [0.2, 0.25) is 5.91 Å². The third kappa shape index (κ3) is 4.89. The Morgan fingerprint density at radius 3 is 2.36 bits per heavy atom. The topological polar surface area (TPSA) is 55.8 Å². The number of carbonyl (C=O) groups excluding carboxylic acids is 2. The first-order chi connectivity index (χ1) is 13.5. The third-order valence-electron chi connectivity index (χ3n) is 4.36. The van der Waals surface area contributed by atoms with E-state index in [4.69, 9.17) is 9.47 Å². The van der Waals surface area contributed by atoms with Gasteiger partial charge in [-0.1, -0.05) is 45.9 Å². The van der Waals surface area contributed by atoms with Gasteiger partial charge in [-0.25, -0.2) is 0 Å². The Bertz CT molecular complexity index is 856. The maximum absolute atomic E-state index is 12.3. The highest BCUT2D eigenvalue weighted by atomic mass is 79.9. The van der Waals surface area contributed by atoms with Crippen molar-refractivity contribution in [2.45, 2.75) is 32.1 Å². The molecule has 0 aliphatic carbocycles. The minimum atomic E-state index is -0.378. The Labute approximate surface area is 177 Å². The number of halogens is 1. The number of carbonyl (C=O) groups is 2. The molecule has 0 spiro atoms. The number of benzene rings is 2. The smallest absolute Gasteiger partial charge is 0.289 e. The lowest BCUT2D eigenvalue weighted by Crippen LogP contribution is -2.31. The predicted octanol–water partition coefficient (Wildman–Crippen LogP) is 5.05. The van der Waals surface area contributed by atoms with E-state index in [9.17, 15) is 9.59 Å². The van der Waals surface area contributed by atoms with Crippen molar-refractivity contribution >= 4 is 38.8 Å². The molecular formula is C21H22BrNO4S. The quantitative estimate of drug-likeness (QED) is 0.547. The van der Waals surface area contributed by atoms with Gasteiger partial charge in [0.25, 0.3) is 5.24 Å². The van der Waals surface area contributed by atoms with E-state index in [1.165, 1.54) is 4.90 Å². The van der Waals surface area contributed by atoms with Crippen molar-refractivity contribution < 1.29 is 19.1 Å². The molecule has 0 N–H and O–H groups in total. The van der Waals surface area contributed by atoms with Crippen molar-refractivity contribution in [3.05, 3.63) is 58.1 Å². The molecule has 0 saturated carbocycles. The number of thioether (sulfide) groups is 1. The summed E-state index contributed by atoms with van der Waals surface area (Å²) in [4.78, 5) is 25.5. The van der Waals surface area contributed by atoms with E-state index in [0.717, 1.165) is 27.4 Å². The lowest BCUT2D eigenvalue weighted by atomic mass is 10.1. The van der Waals surface area contributed by atoms with Gasteiger partial charge >= 0.3 is 0 Å². The Hall–Kier alpha value is -1.99. The summed E-state index contributed by atoms with van der Waals surface area (Å²) < 4.78 is 12.7.